The van der Waals surface area contributed by atoms with Gasteiger partial charge in [-0.05, 0) is 49.0 Å². The van der Waals surface area contributed by atoms with Gasteiger partial charge in [-0.2, -0.15) is 0 Å². The van der Waals surface area contributed by atoms with Crippen molar-refractivity contribution < 1.29 is 0 Å². The molecule has 0 aliphatic rings. The average molecular weight is 344 g/mol. The van der Waals surface area contributed by atoms with Gasteiger partial charge in [-0.1, -0.05) is 41.9 Å². The Morgan fingerprint density at radius 1 is 1.17 bits per heavy atom. The molecular weight excluding hydrogens is 326 g/mol. The van der Waals surface area contributed by atoms with Crippen molar-refractivity contribution in [2.24, 2.45) is 0 Å². The fourth-order valence-electron chi connectivity index (χ4n) is 2.51. The zero-order chi connectivity index (χ0) is 16.2. The average Bonchev–Trinajstić information content (AvgIpc) is 2.95. The molecule has 0 bridgehead atoms. The van der Waals surface area contributed by atoms with Crippen LogP contribution in [0.25, 0.3) is 10.9 Å². The van der Waals surface area contributed by atoms with Crippen molar-refractivity contribution >= 4 is 39.8 Å². The van der Waals surface area contributed by atoms with Crippen molar-refractivity contribution in [3.05, 3.63) is 70.9 Å². The largest absolute Gasteiger partial charge is 0.357 e. The Morgan fingerprint density at radius 2 is 1.96 bits per heavy atom. The van der Waals surface area contributed by atoms with Crippen molar-refractivity contribution in [3.63, 3.8) is 0 Å². The molecule has 0 fully saturated rings. The molecule has 23 heavy (non-hydrogen) atoms. The summed E-state index contributed by atoms with van der Waals surface area (Å²) >= 11 is 11.4. The Bertz CT molecular complexity index is 814. The van der Waals surface area contributed by atoms with Gasteiger partial charge in [-0.25, -0.2) is 0 Å². The smallest absolute Gasteiger partial charge is 0.167 e. The van der Waals surface area contributed by atoms with Crippen LogP contribution in [-0.4, -0.2) is 10.1 Å². The SMILES string of the molecule is CC(NC(=S)NCc1cc2cc(Cl)ccc2[nH]1)c1ccccc1. The van der Waals surface area contributed by atoms with Gasteiger partial charge in [-0.15, -0.1) is 0 Å². The van der Waals surface area contributed by atoms with Gasteiger partial charge in [0.15, 0.2) is 5.11 Å². The number of H-pyrrole nitrogens is 1. The number of aromatic nitrogens is 1. The lowest BCUT2D eigenvalue weighted by Crippen LogP contribution is -2.36. The van der Waals surface area contributed by atoms with Crippen LogP contribution in [-0.2, 0) is 6.54 Å². The second-order valence-electron chi connectivity index (χ2n) is 5.49. The maximum atomic E-state index is 6.01. The summed E-state index contributed by atoms with van der Waals surface area (Å²) in [5, 5.41) is 9.01. The molecule has 3 N–H and O–H groups in total. The molecule has 1 heterocycles. The molecule has 0 aliphatic carbocycles. The Balaban J connectivity index is 1.57. The fourth-order valence-corrected chi connectivity index (χ4v) is 2.94. The summed E-state index contributed by atoms with van der Waals surface area (Å²) in [5.41, 5.74) is 3.35. The Labute approximate surface area is 146 Å². The van der Waals surface area contributed by atoms with E-state index in [9.17, 15) is 0 Å². The third-order valence-corrected chi connectivity index (χ3v) is 4.22. The van der Waals surface area contributed by atoms with Gasteiger partial charge in [0.2, 0.25) is 0 Å². The molecule has 3 aromatic rings. The molecule has 1 atom stereocenters. The lowest BCUT2D eigenvalue weighted by molar-refractivity contribution is 0.696. The first-order valence-corrected chi connectivity index (χ1v) is 8.27. The molecule has 3 nitrogen and oxygen atoms in total. The van der Waals surface area contributed by atoms with Crippen molar-refractivity contribution in [1.29, 1.82) is 0 Å². The van der Waals surface area contributed by atoms with Crippen molar-refractivity contribution in [2.75, 3.05) is 0 Å². The Hall–Kier alpha value is -2.04. The standard InChI is InChI=1S/C18H18ClN3S/c1-12(13-5-3-2-4-6-13)21-18(23)20-11-16-10-14-9-15(19)7-8-17(14)22-16/h2-10,12,22H,11H2,1H3,(H2,20,21,23). The van der Waals surface area contributed by atoms with E-state index in [0.29, 0.717) is 11.7 Å². The maximum absolute atomic E-state index is 6.01. The van der Waals surface area contributed by atoms with E-state index < -0.39 is 0 Å². The Kier molecular flexibility index (Phi) is 4.84. The molecule has 118 valence electrons. The van der Waals surface area contributed by atoms with E-state index in [4.69, 9.17) is 23.8 Å². The number of hydrogen-bond acceptors (Lipinski definition) is 1. The summed E-state index contributed by atoms with van der Waals surface area (Å²) in [6.45, 7) is 2.73. The molecule has 1 unspecified atom stereocenters. The number of aromatic amines is 1. The van der Waals surface area contributed by atoms with Crippen LogP contribution in [0.15, 0.2) is 54.6 Å². The number of benzene rings is 2. The van der Waals surface area contributed by atoms with Crippen LogP contribution in [0, 0.1) is 0 Å². The van der Waals surface area contributed by atoms with Gasteiger partial charge in [0.25, 0.3) is 0 Å². The zero-order valence-corrected chi connectivity index (χ0v) is 14.3. The van der Waals surface area contributed by atoms with Crippen LogP contribution in [0.1, 0.15) is 24.2 Å². The number of fused-ring (bicyclic) bond motifs is 1. The highest BCUT2D eigenvalue weighted by Crippen LogP contribution is 2.20. The van der Waals surface area contributed by atoms with Gasteiger partial charge >= 0.3 is 0 Å². The van der Waals surface area contributed by atoms with Crippen LogP contribution in [0.5, 0.6) is 0 Å². The van der Waals surface area contributed by atoms with Gasteiger partial charge in [0.1, 0.15) is 0 Å². The maximum Gasteiger partial charge on any atom is 0.167 e. The molecule has 0 saturated heterocycles. The number of thiocarbonyl (C=S) groups is 1. The number of halogens is 1. The molecule has 0 amide bonds. The summed E-state index contributed by atoms with van der Waals surface area (Å²) in [6, 6.07) is 18.3. The summed E-state index contributed by atoms with van der Waals surface area (Å²) in [4.78, 5) is 3.35. The predicted molar refractivity (Wildman–Crippen MR) is 101 cm³/mol. The predicted octanol–water partition coefficient (Wildman–Crippen LogP) is 4.55. The van der Waals surface area contributed by atoms with E-state index in [2.05, 4.69) is 40.7 Å². The molecule has 2 aromatic carbocycles. The van der Waals surface area contributed by atoms with Gasteiger partial charge in [0, 0.05) is 21.6 Å². The monoisotopic (exact) mass is 343 g/mol. The highest BCUT2D eigenvalue weighted by Gasteiger charge is 2.07. The van der Waals surface area contributed by atoms with Crippen molar-refractivity contribution in [3.8, 4) is 0 Å². The summed E-state index contributed by atoms with van der Waals surface area (Å²) in [7, 11) is 0. The topological polar surface area (TPSA) is 39.8 Å². The third kappa shape index (κ3) is 4.03. The van der Waals surface area contributed by atoms with Gasteiger partial charge < -0.3 is 15.6 Å². The highest BCUT2D eigenvalue weighted by atomic mass is 35.5. The Morgan fingerprint density at radius 3 is 2.74 bits per heavy atom. The van der Waals surface area contributed by atoms with E-state index in [1.807, 2.05) is 36.4 Å². The lowest BCUT2D eigenvalue weighted by Gasteiger charge is -2.17. The van der Waals surface area contributed by atoms with Crippen LogP contribution < -0.4 is 10.6 Å². The van der Waals surface area contributed by atoms with Crippen molar-refractivity contribution in [2.45, 2.75) is 19.5 Å². The first-order chi connectivity index (χ1) is 11.1. The quantitative estimate of drug-likeness (QED) is 0.609. The lowest BCUT2D eigenvalue weighted by atomic mass is 10.1. The molecule has 0 radical (unpaired) electrons. The second-order valence-corrected chi connectivity index (χ2v) is 6.33. The van der Waals surface area contributed by atoms with Crippen LogP contribution in [0.4, 0.5) is 0 Å². The molecule has 5 heteroatoms. The number of hydrogen-bond donors (Lipinski definition) is 3. The van der Waals surface area contributed by atoms with E-state index in [1.165, 1.54) is 5.56 Å². The molecule has 3 rings (SSSR count). The normalized spacial score (nSPS) is 12.1. The van der Waals surface area contributed by atoms with Gasteiger partial charge in [0.05, 0.1) is 12.6 Å². The summed E-state index contributed by atoms with van der Waals surface area (Å²) in [5.74, 6) is 0. The minimum absolute atomic E-state index is 0.165. The van der Waals surface area contributed by atoms with Crippen LogP contribution in [0.3, 0.4) is 0 Å². The first-order valence-electron chi connectivity index (χ1n) is 7.48. The van der Waals surface area contributed by atoms with Crippen molar-refractivity contribution in [1.82, 2.24) is 15.6 Å². The summed E-state index contributed by atoms with van der Waals surface area (Å²) in [6.07, 6.45) is 0. The van der Waals surface area contributed by atoms with Crippen LogP contribution >= 0.6 is 23.8 Å². The molecule has 0 aliphatic heterocycles. The molecular formula is C18H18ClN3S. The zero-order valence-electron chi connectivity index (χ0n) is 12.8. The van der Waals surface area contributed by atoms with Crippen LogP contribution in [0.2, 0.25) is 5.02 Å². The molecule has 1 aromatic heterocycles. The van der Waals surface area contributed by atoms with E-state index in [1.54, 1.807) is 0 Å². The number of rotatable bonds is 4. The van der Waals surface area contributed by atoms with E-state index in [0.717, 1.165) is 21.6 Å². The van der Waals surface area contributed by atoms with Gasteiger partial charge in [-0.3, -0.25) is 0 Å². The first kappa shape index (κ1) is 15.8. The third-order valence-electron chi connectivity index (χ3n) is 3.73. The highest BCUT2D eigenvalue weighted by molar-refractivity contribution is 7.80. The minimum Gasteiger partial charge on any atom is -0.357 e. The fraction of sp³-hybridized carbons (Fsp3) is 0.167. The molecule has 0 spiro atoms. The minimum atomic E-state index is 0.165. The molecule has 0 saturated carbocycles. The second kappa shape index (κ2) is 7.02. The van der Waals surface area contributed by atoms with E-state index >= 15 is 0 Å². The van der Waals surface area contributed by atoms with E-state index in [-0.39, 0.29) is 6.04 Å². The summed E-state index contributed by atoms with van der Waals surface area (Å²) < 4.78 is 0. The number of nitrogens with one attached hydrogen (secondary N) is 3.